The van der Waals surface area contributed by atoms with E-state index in [0.717, 1.165) is 5.46 Å². The molecule has 1 aliphatic heterocycles. The maximum atomic E-state index is 14.0. The van der Waals surface area contributed by atoms with Crippen LogP contribution in [-0.4, -0.2) is 11.3 Å². The summed E-state index contributed by atoms with van der Waals surface area (Å²) in [6.07, 6.45) is 0. The number of hydrogen-bond donors (Lipinski definition) is 0. The van der Waals surface area contributed by atoms with Crippen molar-refractivity contribution in [2.45, 2.75) is 0 Å². The Bertz CT molecular complexity index is 1350. The molecule has 0 aliphatic carbocycles. The first-order valence-corrected chi connectivity index (χ1v) is 9.20. The summed E-state index contributed by atoms with van der Waals surface area (Å²) in [5.74, 6) is -0.191. The second kappa shape index (κ2) is 5.34. The Hall–Kier alpha value is -3.33. The van der Waals surface area contributed by atoms with Crippen molar-refractivity contribution in [1.29, 1.82) is 0 Å². The summed E-state index contributed by atoms with van der Waals surface area (Å²) in [4.78, 5) is 0. The van der Waals surface area contributed by atoms with E-state index in [-0.39, 0.29) is 12.5 Å². The van der Waals surface area contributed by atoms with Crippen molar-refractivity contribution in [2.75, 3.05) is 0 Å². The smallest absolute Gasteiger partial charge is 0.246 e. The van der Waals surface area contributed by atoms with Crippen molar-refractivity contribution in [3.8, 4) is 5.69 Å². The number of halogens is 1. The molecule has 0 atom stereocenters. The Balaban J connectivity index is 1.83. The number of benzene rings is 4. The Morgan fingerprint density at radius 2 is 1.41 bits per heavy atom. The number of para-hydroxylation sites is 3. The van der Waals surface area contributed by atoms with E-state index in [1.807, 2.05) is 6.07 Å². The van der Waals surface area contributed by atoms with Gasteiger partial charge in [0.15, 0.2) is 0 Å². The molecule has 0 amide bonds. The summed E-state index contributed by atoms with van der Waals surface area (Å²) < 4.78 is 16.4. The van der Waals surface area contributed by atoms with Crippen LogP contribution in [0, 0.1) is 5.82 Å². The monoisotopic (exact) mass is 347 g/mol. The topological polar surface area (TPSA) is 4.93 Å². The second-order valence-corrected chi connectivity index (χ2v) is 7.14. The molecule has 27 heavy (non-hydrogen) atoms. The lowest BCUT2D eigenvalue weighted by Gasteiger charge is -2.26. The number of aromatic nitrogens is 1. The minimum absolute atomic E-state index is 0.0254. The molecule has 0 saturated carbocycles. The Morgan fingerprint density at radius 1 is 0.667 bits per heavy atom. The predicted molar refractivity (Wildman–Crippen MR) is 112 cm³/mol. The first-order chi connectivity index (χ1) is 13.3. The van der Waals surface area contributed by atoms with Crippen LogP contribution >= 0.6 is 0 Å². The van der Waals surface area contributed by atoms with Gasteiger partial charge in [0.2, 0.25) is 6.71 Å². The van der Waals surface area contributed by atoms with Crippen molar-refractivity contribution < 1.29 is 4.39 Å². The normalized spacial score (nSPS) is 12.6. The van der Waals surface area contributed by atoms with Crippen molar-refractivity contribution in [1.82, 2.24) is 4.57 Å². The van der Waals surface area contributed by atoms with Gasteiger partial charge in [-0.1, -0.05) is 72.2 Å². The highest BCUT2D eigenvalue weighted by Gasteiger charge is 2.33. The lowest BCUT2D eigenvalue weighted by atomic mass is 9.35. The molecular formula is C24H15BFN. The van der Waals surface area contributed by atoms with Gasteiger partial charge in [0, 0.05) is 22.0 Å². The molecule has 0 spiro atoms. The second-order valence-electron chi connectivity index (χ2n) is 7.14. The summed E-state index contributed by atoms with van der Waals surface area (Å²) in [5.41, 5.74) is 7.05. The molecule has 0 bridgehead atoms. The standard InChI is InChI=1S/C24H15BFN/c26-17-8-5-7-16(15-17)25-20-11-2-4-14-23(20)27-22-13-3-1-9-18(22)19-10-6-12-21(25)24(19)27/h1-15H. The first kappa shape index (κ1) is 14.8. The molecular weight excluding hydrogens is 332 g/mol. The zero-order valence-electron chi connectivity index (χ0n) is 14.6. The minimum atomic E-state index is -0.191. The molecule has 1 aromatic heterocycles. The van der Waals surface area contributed by atoms with E-state index in [1.165, 1.54) is 44.5 Å². The van der Waals surface area contributed by atoms with E-state index in [4.69, 9.17) is 0 Å². The van der Waals surface area contributed by atoms with Gasteiger partial charge < -0.3 is 4.57 Å². The third-order valence-electron chi connectivity index (χ3n) is 5.71. The van der Waals surface area contributed by atoms with Crippen molar-refractivity contribution in [3.63, 3.8) is 0 Å². The molecule has 4 aromatic carbocycles. The molecule has 5 aromatic rings. The third-order valence-corrected chi connectivity index (χ3v) is 5.71. The lowest BCUT2D eigenvalue weighted by Crippen LogP contribution is -2.55. The Kier molecular flexibility index (Phi) is 2.93. The fraction of sp³-hybridized carbons (Fsp3) is 0. The highest BCUT2D eigenvalue weighted by molar-refractivity contribution is 6.98. The van der Waals surface area contributed by atoms with Gasteiger partial charge in [-0.25, -0.2) is 4.39 Å². The van der Waals surface area contributed by atoms with Gasteiger partial charge in [-0.3, -0.25) is 0 Å². The van der Waals surface area contributed by atoms with Crippen LogP contribution < -0.4 is 16.4 Å². The van der Waals surface area contributed by atoms with Gasteiger partial charge in [0.1, 0.15) is 5.82 Å². The zero-order chi connectivity index (χ0) is 18.0. The molecule has 2 heterocycles. The Morgan fingerprint density at radius 3 is 2.33 bits per heavy atom. The van der Waals surface area contributed by atoms with Crippen LogP contribution in [0.25, 0.3) is 27.5 Å². The fourth-order valence-electron chi connectivity index (χ4n) is 4.68. The van der Waals surface area contributed by atoms with Crippen LogP contribution in [-0.2, 0) is 0 Å². The van der Waals surface area contributed by atoms with Gasteiger partial charge in [-0.05, 0) is 35.2 Å². The van der Waals surface area contributed by atoms with E-state index in [1.54, 1.807) is 12.1 Å². The molecule has 1 nitrogen and oxygen atoms in total. The largest absolute Gasteiger partial charge is 0.310 e. The van der Waals surface area contributed by atoms with Crippen LogP contribution in [0.1, 0.15) is 0 Å². The average molecular weight is 347 g/mol. The van der Waals surface area contributed by atoms with Crippen LogP contribution in [0.3, 0.4) is 0 Å². The highest BCUT2D eigenvalue weighted by atomic mass is 19.1. The SMILES string of the molecule is Fc1cccc(B2c3ccccc3-n3c4ccccc4c4cccc2c43)c1. The van der Waals surface area contributed by atoms with Crippen LogP contribution in [0.4, 0.5) is 4.39 Å². The summed E-state index contributed by atoms with van der Waals surface area (Å²) in [6, 6.07) is 30.5. The first-order valence-electron chi connectivity index (χ1n) is 9.20. The zero-order valence-corrected chi connectivity index (χ0v) is 14.6. The molecule has 126 valence electrons. The lowest BCUT2D eigenvalue weighted by molar-refractivity contribution is 0.629. The van der Waals surface area contributed by atoms with E-state index < -0.39 is 0 Å². The minimum Gasteiger partial charge on any atom is -0.310 e. The van der Waals surface area contributed by atoms with E-state index >= 15 is 0 Å². The maximum absolute atomic E-state index is 14.0. The van der Waals surface area contributed by atoms with Gasteiger partial charge in [0.05, 0.1) is 5.52 Å². The third kappa shape index (κ3) is 1.94. The highest BCUT2D eigenvalue weighted by Crippen LogP contribution is 2.32. The maximum Gasteiger partial charge on any atom is 0.246 e. The quantitative estimate of drug-likeness (QED) is 0.399. The van der Waals surface area contributed by atoms with Crippen molar-refractivity contribution in [3.05, 3.63) is 96.8 Å². The fourth-order valence-corrected chi connectivity index (χ4v) is 4.68. The number of hydrogen-bond acceptors (Lipinski definition) is 0. The van der Waals surface area contributed by atoms with E-state index in [0.29, 0.717) is 0 Å². The summed E-state index contributed by atoms with van der Waals surface area (Å²) >= 11 is 0. The molecule has 1 aliphatic rings. The number of fused-ring (bicyclic) bond motifs is 5. The molecule has 3 heteroatoms. The molecule has 0 fully saturated rings. The van der Waals surface area contributed by atoms with Gasteiger partial charge in [0.25, 0.3) is 0 Å². The molecule has 0 N–H and O–H groups in total. The van der Waals surface area contributed by atoms with Crippen molar-refractivity contribution in [2.24, 2.45) is 0 Å². The average Bonchev–Trinajstić information content (AvgIpc) is 3.05. The Labute approximate surface area is 156 Å². The molecule has 0 saturated heterocycles. The van der Waals surface area contributed by atoms with Crippen LogP contribution in [0.15, 0.2) is 91.0 Å². The molecule has 0 unspecified atom stereocenters. The number of rotatable bonds is 1. The van der Waals surface area contributed by atoms with Gasteiger partial charge in [-0.2, -0.15) is 0 Å². The molecule has 0 radical (unpaired) electrons. The predicted octanol–water partition coefficient (Wildman–Crippen LogP) is 3.75. The summed E-state index contributed by atoms with van der Waals surface area (Å²) in [5, 5.41) is 2.50. The van der Waals surface area contributed by atoms with E-state index in [2.05, 4.69) is 71.3 Å². The van der Waals surface area contributed by atoms with Gasteiger partial charge >= 0.3 is 0 Å². The van der Waals surface area contributed by atoms with Crippen LogP contribution in [0.5, 0.6) is 0 Å². The summed E-state index contributed by atoms with van der Waals surface area (Å²) in [6.45, 7) is 0.0254. The molecule has 6 rings (SSSR count). The van der Waals surface area contributed by atoms with Crippen LogP contribution in [0.2, 0.25) is 0 Å². The van der Waals surface area contributed by atoms with Crippen molar-refractivity contribution >= 4 is 44.9 Å². The number of nitrogens with zero attached hydrogens (tertiary/aromatic N) is 1. The van der Waals surface area contributed by atoms with E-state index in [9.17, 15) is 4.39 Å². The summed E-state index contributed by atoms with van der Waals surface area (Å²) in [7, 11) is 0. The van der Waals surface area contributed by atoms with Gasteiger partial charge in [-0.15, -0.1) is 0 Å².